The van der Waals surface area contributed by atoms with Gasteiger partial charge < -0.3 is 19.7 Å². The number of rotatable bonds is 5. The molecular weight excluding hydrogens is 699 g/mol. The van der Waals surface area contributed by atoms with Gasteiger partial charge in [0.1, 0.15) is 53.4 Å². The minimum atomic E-state index is -4.85. The monoisotopic (exact) mass is 723 g/mol. The topological polar surface area (TPSA) is 107 Å². The quantitative estimate of drug-likeness (QED) is 0.157. The number of benzene rings is 3. The van der Waals surface area contributed by atoms with E-state index in [4.69, 9.17) is 21.1 Å². The summed E-state index contributed by atoms with van der Waals surface area (Å²) in [4.78, 5) is 4.30. The number of aryl methyl sites for hydroxylation is 1. The Morgan fingerprint density at radius 1 is 0.980 bits per heavy atom. The first-order valence-electron chi connectivity index (χ1n) is 15.0. The van der Waals surface area contributed by atoms with E-state index in [-0.39, 0.29) is 45.7 Å². The van der Waals surface area contributed by atoms with E-state index in [1.807, 2.05) is 0 Å². The molecule has 0 aliphatic carbocycles. The number of nitrogens with zero attached hydrogens (tertiary/aromatic N) is 5. The Bertz CT molecular complexity index is 2100. The van der Waals surface area contributed by atoms with Crippen molar-refractivity contribution in [1.82, 2.24) is 24.5 Å². The van der Waals surface area contributed by atoms with Crippen molar-refractivity contribution in [2.75, 3.05) is 6.61 Å². The highest BCUT2D eigenvalue weighted by Gasteiger charge is 2.59. The second kappa shape index (κ2) is 12.2. The number of ether oxygens (including phenoxy) is 2. The smallest absolute Gasteiger partial charge is 0.388 e. The summed E-state index contributed by atoms with van der Waals surface area (Å²) < 4.78 is 114. The van der Waals surface area contributed by atoms with Crippen LogP contribution in [0.3, 0.4) is 0 Å². The van der Waals surface area contributed by atoms with Crippen LogP contribution in [0.4, 0.5) is 30.7 Å². The fraction of sp³-hybridized carbons (Fsp3) is 0.303. The average molecular weight is 724 g/mol. The molecule has 50 heavy (non-hydrogen) atoms. The fourth-order valence-electron chi connectivity index (χ4n) is 6.45. The lowest BCUT2D eigenvalue weighted by molar-refractivity contribution is -0.208. The van der Waals surface area contributed by atoms with Crippen molar-refractivity contribution in [2.24, 2.45) is 0 Å². The van der Waals surface area contributed by atoms with Crippen LogP contribution >= 0.6 is 11.6 Å². The van der Waals surface area contributed by atoms with Crippen molar-refractivity contribution >= 4 is 11.6 Å². The minimum Gasteiger partial charge on any atom is -0.388 e. The van der Waals surface area contributed by atoms with E-state index in [9.17, 15) is 40.9 Å². The second-order valence-corrected chi connectivity index (χ2v) is 12.8. The fourth-order valence-corrected chi connectivity index (χ4v) is 6.62. The number of hydrogen-bond donors (Lipinski definition) is 2. The molecule has 9 nitrogen and oxygen atoms in total. The van der Waals surface area contributed by atoms with Crippen molar-refractivity contribution in [2.45, 2.75) is 56.1 Å². The van der Waals surface area contributed by atoms with Gasteiger partial charge in [-0.3, -0.25) is 4.68 Å². The van der Waals surface area contributed by atoms with Crippen molar-refractivity contribution in [1.29, 1.82) is 0 Å². The molecule has 17 heteroatoms. The van der Waals surface area contributed by atoms with Crippen LogP contribution < -0.4 is 0 Å². The lowest BCUT2D eigenvalue weighted by atomic mass is 9.87. The van der Waals surface area contributed by atoms with Crippen LogP contribution in [-0.2, 0) is 15.7 Å². The molecule has 0 amide bonds. The molecule has 4 unspecified atom stereocenters. The summed E-state index contributed by atoms with van der Waals surface area (Å²) in [5.41, 5.74) is -3.39. The molecule has 0 spiro atoms. The van der Waals surface area contributed by atoms with Gasteiger partial charge in [-0.2, -0.15) is 23.4 Å². The Kier molecular flexibility index (Phi) is 8.30. The summed E-state index contributed by atoms with van der Waals surface area (Å²) in [6.45, 7) is 2.51. The largest absolute Gasteiger partial charge is 0.418 e. The maximum Gasteiger partial charge on any atom is 0.418 e. The van der Waals surface area contributed by atoms with Gasteiger partial charge in [0.25, 0.3) is 0 Å². The number of aliphatic hydroxyl groups excluding tert-OH is 1. The van der Waals surface area contributed by atoms with Gasteiger partial charge in [0.15, 0.2) is 23.3 Å². The zero-order chi connectivity index (χ0) is 35.9. The third-order valence-corrected chi connectivity index (χ3v) is 8.92. The van der Waals surface area contributed by atoms with Gasteiger partial charge in [-0.05, 0) is 61.9 Å². The van der Waals surface area contributed by atoms with E-state index in [2.05, 4.69) is 15.2 Å². The van der Waals surface area contributed by atoms with Crippen LogP contribution in [0, 0.1) is 30.2 Å². The summed E-state index contributed by atoms with van der Waals surface area (Å²) in [7, 11) is 0. The predicted octanol–water partition coefficient (Wildman–Crippen LogP) is 6.53. The molecule has 2 N–H and O–H groups in total. The first-order chi connectivity index (χ1) is 23.5. The van der Waals surface area contributed by atoms with Crippen molar-refractivity contribution in [3.8, 4) is 28.1 Å². The van der Waals surface area contributed by atoms with Gasteiger partial charge in [0.2, 0.25) is 0 Å². The molecule has 7 rings (SSSR count). The van der Waals surface area contributed by atoms with Gasteiger partial charge in [-0.1, -0.05) is 23.7 Å². The molecule has 6 atom stereocenters. The molecule has 0 bridgehead atoms. The lowest BCUT2D eigenvalue weighted by Gasteiger charge is -2.43. The Morgan fingerprint density at radius 3 is 2.38 bits per heavy atom. The third-order valence-electron chi connectivity index (χ3n) is 8.69. The Balaban J connectivity index is 1.41. The SMILES string of the molecule is Cc1nc([C@@H]2OC3[C@H](OCC3(C)O)C(n3cc(-c4cc(F)c(F)c(F)c4)c(-c4cccc(F)c4)n3)C2O)n(-c2cc(Cl)ccc2C(F)(F)F)n1. The van der Waals surface area contributed by atoms with E-state index < -0.39 is 76.8 Å². The summed E-state index contributed by atoms with van der Waals surface area (Å²) in [6, 6.07) is 8.08. The summed E-state index contributed by atoms with van der Waals surface area (Å²) in [5.74, 6) is -5.67. The summed E-state index contributed by atoms with van der Waals surface area (Å²) in [5, 5.41) is 32.0. The van der Waals surface area contributed by atoms with E-state index in [0.29, 0.717) is 0 Å². The molecule has 5 aromatic rings. The summed E-state index contributed by atoms with van der Waals surface area (Å²) >= 11 is 6.10. The van der Waals surface area contributed by atoms with Gasteiger partial charge in [-0.25, -0.2) is 27.2 Å². The minimum absolute atomic E-state index is 0.00212. The molecule has 4 heterocycles. The van der Waals surface area contributed by atoms with Gasteiger partial charge >= 0.3 is 6.18 Å². The molecule has 2 aliphatic rings. The maximum atomic E-state index is 14.5. The van der Waals surface area contributed by atoms with Crippen LogP contribution in [0.25, 0.3) is 28.1 Å². The molecule has 2 aliphatic heterocycles. The average Bonchev–Trinajstić information content (AvgIpc) is 3.73. The van der Waals surface area contributed by atoms with Crippen LogP contribution in [0.15, 0.2) is 60.8 Å². The Hall–Kier alpha value is -4.35. The van der Waals surface area contributed by atoms with Crippen LogP contribution in [0.2, 0.25) is 5.02 Å². The van der Waals surface area contributed by atoms with Crippen molar-refractivity contribution in [3.05, 3.63) is 106 Å². The molecule has 2 fully saturated rings. The van der Waals surface area contributed by atoms with Gasteiger partial charge in [0, 0.05) is 22.3 Å². The highest BCUT2D eigenvalue weighted by molar-refractivity contribution is 6.30. The molecule has 0 saturated carbocycles. The summed E-state index contributed by atoms with van der Waals surface area (Å²) in [6.07, 6.45) is -9.29. The number of hydrogen-bond acceptors (Lipinski definition) is 7. The van der Waals surface area contributed by atoms with Gasteiger partial charge in [-0.15, -0.1) is 0 Å². The number of fused-ring (bicyclic) bond motifs is 1. The van der Waals surface area contributed by atoms with E-state index >= 15 is 0 Å². The molecule has 2 saturated heterocycles. The number of aromatic nitrogens is 5. The molecule has 262 valence electrons. The molecule has 3 aromatic carbocycles. The van der Waals surface area contributed by atoms with Crippen molar-refractivity contribution < 1.29 is 50.4 Å². The Labute approximate surface area is 283 Å². The first-order valence-corrected chi connectivity index (χ1v) is 15.4. The van der Waals surface area contributed by atoms with E-state index in [1.54, 1.807) is 0 Å². The number of halogens is 8. The van der Waals surface area contributed by atoms with Crippen LogP contribution in [0.5, 0.6) is 0 Å². The number of alkyl halides is 3. The number of aliphatic hydroxyl groups is 2. The van der Waals surface area contributed by atoms with E-state index in [1.165, 1.54) is 36.9 Å². The molecule has 0 radical (unpaired) electrons. The highest BCUT2D eigenvalue weighted by atomic mass is 35.5. The Morgan fingerprint density at radius 2 is 1.70 bits per heavy atom. The normalized spacial score (nSPS) is 25.2. The van der Waals surface area contributed by atoms with Crippen LogP contribution in [0.1, 0.15) is 36.3 Å². The van der Waals surface area contributed by atoms with E-state index in [0.717, 1.165) is 47.1 Å². The molecule has 2 aromatic heterocycles. The van der Waals surface area contributed by atoms with Gasteiger partial charge in [0.05, 0.1) is 17.9 Å². The maximum absolute atomic E-state index is 14.5. The first kappa shape index (κ1) is 34.1. The second-order valence-electron chi connectivity index (χ2n) is 12.3. The molecular formula is C33H25ClF7N5O4. The highest BCUT2D eigenvalue weighted by Crippen LogP contribution is 2.47. The zero-order valence-electron chi connectivity index (χ0n) is 25.8. The van der Waals surface area contributed by atoms with Crippen molar-refractivity contribution in [3.63, 3.8) is 0 Å². The standard InChI is InChI=1S/C33H25ClF7N5O4/c1-14-42-31(46(43-14)23-11-17(34)6-7-20(23)33(39,40)41)29-27(47)26(28-30(50-29)32(2,48)13-49-28)45-12-19(16-9-21(36)24(38)22(37)10-16)25(44-45)15-4-3-5-18(35)8-15/h3-12,26-30,47-48H,13H2,1-2H3/t26?,27?,28-,29-,30?,32?/m1/s1. The predicted molar refractivity (Wildman–Crippen MR) is 162 cm³/mol. The third kappa shape index (κ3) is 5.84. The van der Waals surface area contributed by atoms with Crippen LogP contribution in [-0.4, -0.2) is 65.3 Å². The zero-order valence-corrected chi connectivity index (χ0v) is 26.6. The lowest BCUT2D eigenvalue weighted by Crippen LogP contribution is -2.55.